The maximum Gasteiger partial charge on any atom is 0.282 e. The average molecular weight is 276 g/mol. The van der Waals surface area contributed by atoms with Crippen LogP contribution >= 0.6 is 11.3 Å². The number of hydrogen-bond donors (Lipinski definition) is 2. The van der Waals surface area contributed by atoms with Crippen LogP contribution in [-0.2, 0) is 10.8 Å². The van der Waals surface area contributed by atoms with Gasteiger partial charge in [0.1, 0.15) is 0 Å². The van der Waals surface area contributed by atoms with E-state index in [1.165, 1.54) is 11.3 Å². The van der Waals surface area contributed by atoms with Gasteiger partial charge < -0.3 is 10.6 Å². The second-order valence-electron chi connectivity index (χ2n) is 3.37. The largest absolute Gasteiger partial charge is 0.360 e. The molecule has 17 heavy (non-hydrogen) atoms. The van der Waals surface area contributed by atoms with Crippen molar-refractivity contribution in [1.82, 2.24) is 15.5 Å². The van der Waals surface area contributed by atoms with Gasteiger partial charge in [0, 0.05) is 35.9 Å². The van der Waals surface area contributed by atoms with E-state index in [-0.39, 0.29) is 5.91 Å². The van der Waals surface area contributed by atoms with Crippen molar-refractivity contribution < 1.29 is 9.00 Å². The average Bonchev–Trinajstić information content (AvgIpc) is 2.74. The standard InChI is InChI=1S/C9H16N4O2S2/c1-3-4-11-9-13-12-8(16-9)7(14)10-5-6-17(2)15/h3-6H2,1-2H3,(H,10,14)(H,11,13). The Morgan fingerprint density at radius 3 is 2.82 bits per heavy atom. The van der Waals surface area contributed by atoms with Crippen LogP contribution < -0.4 is 10.6 Å². The van der Waals surface area contributed by atoms with Crippen molar-refractivity contribution >= 4 is 33.2 Å². The Kier molecular flexibility index (Phi) is 6.06. The van der Waals surface area contributed by atoms with Gasteiger partial charge in [0.2, 0.25) is 10.1 Å². The van der Waals surface area contributed by atoms with Crippen molar-refractivity contribution in [3.63, 3.8) is 0 Å². The first-order valence-corrected chi connectivity index (χ1v) is 7.83. The molecule has 2 N–H and O–H groups in total. The Morgan fingerprint density at radius 1 is 1.41 bits per heavy atom. The Morgan fingerprint density at radius 2 is 2.18 bits per heavy atom. The summed E-state index contributed by atoms with van der Waals surface area (Å²) in [6.45, 7) is 3.25. The Balaban J connectivity index is 2.40. The van der Waals surface area contributed by atoms with Gasteiger partial charge in [-0.05, 0) is 6.42 Å². The molecule has 1 rings (SSSR count). The lowest BCUT2D eigenvalue weighted by Gasteiger charge is -1.99. The van der Waals surface area contributed by atoms with Crippen molar-refractivity contribution in [3.05, 3.63) is 5.01 Å². The van der Waals surface area contributed by atoms with Gasteiger partial charge in [0.25, 0.3) is 5.91 Å². The summed E-state index contributed by atoms with van der Waals surface area (Å²) in [4.78, 5) is 11.6. The zero-order valence-electron chi connectivity index (χ0n) is 9.86. The van der Waals surface area contributed by atoms with Crippen LogP contribution in [0.2, 0.25) is 0 Å². The van der Waals surface area contributed by atoms with E-state index in [2.05, 4.69) is 20.8 Å². The predicted molar refractivity (Wildman–Crippen MR) is 70.0 cm³/mol. The van der Waals surface area contributed by atoms with Gasteiger partial charge in [-0.1, -0.05) is 18.3 Å². The number of carbonyl (C=O) groups is 1. The number of carbonyl (C=O) groups excluding carboxylic acids is 1. The number of aromatic nitrogens is 2. The fourth-order valence-electron chi connectivity index (χ4n) is 1.00. The number of hydrogen-bond acceptors (Lipinski definition) is 6. The molecule has 0 radical (unpaired) electrons. The third-order valence-corrected chi connectivity index (χ3v) is 3.48. The van der Waals surface area contributed by atoms with E-state index in [4.69, 9.17) is 0 Å². The fourth-order valence-corrected chi connectivity index (χ4v) is 2.08. The van der Waals surface area contributed by atoms with Crippen molar-refractivity contribution in [1.29, 1.82) is 0 Å². The van der Waals surface area contributed by atoms with Crippen molar-refractivity contribution in [2.75, 3.05) is 30.4 Å². The Hall–Kier alpha value is -1.02. The molecule has 96 valence electrons. The topological polar surface area (TPSA) is 84.0 Å². The molecule has 0 aromatic carbocycles. The van der Waals surface area contributed by atoms with Crippen LogP contribution in [0, 0.1) is 0 Å². The highest BCUT2D eigenvalue weighted by atomic mass is 32.2. The molecular weight excluding hydrogens is 260 g/mol. The van der Waals surface area contributed by atoms with E-state index in [0.29, 0.717) is 22.4 Å². The zero-order valence-corrected chi connectivity index (χ0v) is 11.5. The molecule has 0 aliphatic rings. The van der Waals surface area contributed by atoms with Crippen molar-refractivity contribution in [2.24, 2.45) is 0 Å². The van der Waals surface area contributed by atoms with Gasteiger partial charge in [-0.2, -0.15) is 0 Å². The molecule has 1 aromatic heterocycles. The smallest absolute Gasteiger partial charge is 0.282 e. The highest BCUT2D eigenvalue weighted by molar-refractivity contribution is 7.84. The number of rotatable bonds is 7. The van der Waals surface area contributed by atoms with Crippen LogP contribution in [-0.4, -0.2) is 45.4 Å². The third-order valence-electron chi connectivity index (χ3n) is 1.82. The Labute approximate surface area is 107 Å². The Bertz CT molecular complexity index is 394. The van der Waals surface area contributed by atoms with E-state index >= 15 is 0 Å². The second kappa shape index (κ2) is 7.33. The van der Waals surface area contributed by atoms with Crippen LogP contribution in [0.25, 0.3) is 0 Å². The van der Waals surface area contributed by atoms with Gasteiger partial charge >= 0.3 is 0 Å². The highest BCUT2D eigenvalue weighted by Gasteiger charge is 2.11. The molecule has 0 saturated heterocycles. The van der Waals surface area contributed by atoms with Crippen molar-refractivity contribution in [2.45, 2.75) is 13.3 Å². The lowest BCUT2D eigenvalue weighted by Crippen LogP contribution is -2.27. The van der Waals surface area contributed by atoms with Crippen LogP contribution in [0.4, 0.5) is 5.13 Å². The molecule has 0 bridgehead atoms. The molecule has 0 aliphatic carbocycles. The molecule has 1 amide bonds. The summed E-state index contributed by atoms with van der Waals surface area (Å²) in [5, 5.41) is 14.3. The van der Waals surface area contributed by atoms with E-state index in [0.717, 1.165) is 13.0 Å². The molecule has 1 unspecified atom stereocenters. The molecule has 8 heteroatoms. The monoisotopic (exact) mass is 276 g/mol. The third kappa shape index (κ3) is 5.22. The summed E-state index contributed by atoms with van der Waals surface area (Å²) in [5.41, 5.74) is 0. The fraction of sp³-hybridized carbons (Fsp3) is 0.667. The minimum atomic E-state index is -0.897. The molecule has 1 aromatic rings. The first-order valence-electron chi connectivity index (χ1n) is 5.29. The molecular formula is C9H16N4O2S2. The first kappa shape index (κ1) is 14.0. The first-order chi connectivity index (χ1) is 8.13. The van der Waals surface area contributed by atoms with Gasteiger partial charge in [0.05, 0.1) is 0 Å². The molecule has 1 atom stereocenters. The van der Waals surface area contributed by atoms with Crippen LogP contribution in [0.3, 0.4) is 0 Å². The maximum absolute atomic E-state index is 11.6. The quantitative estimate of drug-likeness (QED) is 0.756. The van der Waals surface area contributed by atoms with E-state index in [1.807, 2.05) is 6.92 Å². The van der Waals surface area contributed by atoms with Gasteiger partial charge in [-0.3, -0.25) is 9.00 Å². The summed E-state index contributed by atoms with van der Waals surface area (Å²) < 4.78 is 10.8. The van der Waals surface area contributed by atoms with Gasteiger partial charge in [-0.25, -0.2) is 0 Å². The summed E-state index contributed by atoms with van der Waals surface area (Å²) in [6.07, 6.45) is 2.59. The number of nitrogens with one attached hydrogen (secondary N) is 2. The lowest BCUT2D eigenvalue weighted by molar-refractivity contribution is 0.0955. The zero-order chi connectivity index (χ0) is 12.7. The molecule has 0 fully saturated rings. The summed E-state index contributed by atoms with van der Waals surface area (Å²) in [5.74, 6) is 0.184. The number of amides is 1. The summed E-state index contributed by atoms with van der Waals surface area (Å²) in [7, 11) is -0.897. The highest BCUT2D eigenvalue weighted by Crippen LogP contribution is 2.14. The van der Waals surface area contributed by atoms with Crippen LogP contribution in [0.15, 0.2) is 0 Å². The maximum atomic E-state index is 11.6. The van der Waals surface area contributed by atoms with E-state index in [1.54, 1.807) is 6.26 Å². The van der Waals surface area contributed by atoms with Crippen LogP contribution in [0.1, 0.15) is 23.1 Å². The SMILES string of the molecule is CCCNc1nnc(C(=O)NCCS(C)=O)s1. The molecule has 0 aliphatic heterocycles. The molecule has 0 spiro atoms. The van der Waals surface area contributed by atoms with E-state index < -0.39 is 10.8 Å². The minimum absolute atomic E-state index is 0.266. The van der Waals surface area contributed by atoms with Gasteiger partial charge in [-0.15, -0.1) is 10.2 Å². The van der Waals surface area contributed by atoms with Crippen molar-refractivity contribution in [3.8, 4) is 0 Å². The van der Waals surface area contributed by atoms with Crippen LogP contribution in [0.5, 0.6) is 0 Å². The lowest BCUT2D eigenvalue weighted by atomic mass is 10.5. The van der Waals surface area contributed by atoms with Gasteiger partial charge in [0.15, 0.2) is 0 Å². The normalized spacial score (nSPS) is 12.1. The molecule has 1 heterocycles. The minimum Gasteiger partial charge on any atom is -0.360 e. The summed E-state index contributed by atoms with van der Waals surface area (Å²) >= 11 is 1.22. The predicted octanol–water partition coefficient (Wildman–Crippen LogP) is 0.468. The number of nitrogens with zero attached hydrogens (tertiary/aromatic N) is 2. The van der Waals surface area contributed by atoms with E-state index in [9.17, 15) is 9.00 Å². The summed E-state index contributed by atoms with van der Waals surface area (Å²) in [6, 6.07) is 0. The molecule has 0 saturated carbocycles. The molecule has 6 nitrogen and oxygen atoms in total. The second-order valence-corrected chi connectivity index (χ2v) is 5.90. The number of anilines is 1.